The van der Waals surface area contributed by atoms with E-state index in [1.54, 1.807) is 6.07 Å². The lowest BCUT2D eigenvalue weighted by Gasteiger charge is -2.54. The van der Waals surface area contributed by atoms with Gasteiger partial charge in [0.25, 0.3) is 0 Å². The van der Waals surface area contributed by atoms with Gasteiger partial charge in [0.1, 0.15) is 0 Å². The monoisotopic (exact) mass is 256 g/mol. The highest BCUT2D eigenvalue weighted by Gasteiger charge is 2.51. The third-order valence-corrected chi connectivity index (χ3v) is 5.26. The van der Waals surface area contributed by atoms with Crippen molar-refractivity contribution in [3.05, 3.63) is 45.4 Å². The number of hydrogen-bond donors (Lipinski definition) is 2. The minimum atomic E-state index is 0.0307. The van der Waals surface area contributed by atoms with Crippen LogP contribution >= 0.6 is 0 Å². The molecule has 19 heavy (non-hydrogen) atoms. The van der Waals surface area contributed by atoms with Crippen molar-refractivity contribution in [2.75, 3.05) is 6.54 Å². The molecule has 2 heterocycles. The highest BCUT2D eigenvalue weighted by Crippen LogP contribution is 2.52. The van der Waals surface area contributed by atoms with E-state index >= 15 is 0 Å². The summed E-state index contributed by atoms with van der Waals surface area (Å²) in [6, 6.07) is 3.75. The Morgan fingerprint density at radius 2 is 2.26 bits per heavy atom. The maximum Gasteiger partial charge on any atom is 0.248 e. The van der Waals surface area contributed by atoms with E-state index in [-0.39, 0.29) is 11.1 Å². The fourth-order valence-corrected chi connectivity index (χ4v) is 4.69. The van der Waals surface area contributed by atoms with Crippen LogP contribution in [0.2, 0.25) is 0 Å². The molecule has 0 spiro atoms. The molecule has 0 amide bonds. The molecule has 1 fully saturated rings. The first-order valence-corrected chi connectivity index (χ1v) is 7.34. The Hall–Kier alpha value is -1.35. The normalized spacial score (nSPS) is 36.2. The SMILES string of the molecule is CC1=C[C@@H]2Cc3[nH]c(=O)ccc3[C@@]3(C1)NCCC[C@@H]23. The molecule has 0 saturated carbocycles. The fraction of sp³-hybridized carbons (Fsp3) is 0.562. The summed E-state index contributed by atoms with van der Waals surface area (Å²) < 4.78 is 0. The van der Waals surface area contributed by atoms with Crippen molar-refractivity contribution in [1.82, 2.24) is 10.3 Å². The molecule has 4 rings (SSSR count). The number of fused-ring (bicyclic) bond motifs is 1. The van der Waals surface area contributed by atoms with E-state index in [4.69, 9.17) is 0 Å². The minimum absolute atomic E-state index is 0.0307. The quantitative estimate of drug-likeness (QED) is 0.698. The van der Waals surface area contributed by atoms with Gasteiger partial charge in [-0.15, -0.1) is 0 Å². The smallest absolute Gasteiger partial charge is 0.248 e. The second-order valence-corrected chi connectivity index (χ2v) is 6.42. The van der Waals surface area contributed by atoms with Crippen LogP contribution in [0.15, 0.2) is 28.6 Å². The lowest BCUT2D eigenvalue weighted by atomic mass is 9.57. The molecule has 1 saturated heterocycles. The topological polar surface area (TPSA) is 44.9 Å². The average molecular weight is 256 g/mol. The predicted molar refractivity (Wildman–Crippen MR) is 75.0 cm³/mol. The Bertz CT molecular complexity index is 615. The summed E-state index contributed by atoms with van der Waals surface area (Å²) in [7, 11) is 0. The zero-order valence-corrected chi connectivity index (χ0v) is 11.3. The summed E-state index contributed by atoms with van der Waals surface area (Å²) in [5.41, 5.74) is 4.11. The van der Waals surface area contributed by atoms with Crippen molar-refractivity contribution >= 4 is 0 Å². The predicted octanol–water partition coefficient (Wildman–Crippen LogP) is 2.09. The molecule has 2 N–H and O–H groups in total. The molecule has 2 bridgehead atoms. The number of piperidine rings is 1. The van der Waals surface area contributed by atoms with Crippen LogP contribution in [0.25, 0.3) is 0 Å². The zero-order valence-electron chi connectivity index (χ0n) is 11.3. The Morgan fingerprint density at radius 1 is 1.37 bits per heavy atom. The van der Waals surface area contributed by atoms with Crippen LogP contribution in [-0.2, 0) is 12.0 Å². The zero-order chi connectivity index (χ0) is 13.0. The third kappa shape index (κ3) is 1.51. The van der Waals surface area contributed by atoms with Crippen LogP contribution in [0.1, 0.15) is 37.4 Å². The Labute approximate surface area is 113 Å². The molecule has 0 radical (unpaired) electrons. The first kappa shape index (κ1) is 11.5. The van der Waals surface area contributed by atoms with E-state index in [9.17, 15) is 4.79 Å². The van der Waals surface area contributed by atoms with E-state index < -0.39 is 0 Å². The van der Waals surface area contributed by atoms with Gasteiger partial charge in [-0.2, -0.15) is 0 Å². The van der Waals surface area contributed by atoms with E-state index in [0.717, 1.165) is 25.1 Å². The second-order valence-electron chi connectivity index (χ2n) is 6.42. The first-order chi connectivity index (χ1) is 9.19. The fourth-order valence-electron chi connectivity index (χ4n) is 4.69. The number of aromatic nitrogens is 1. The molecule has 1 aromatic heterocycles. The van der Waals surface area contributed by atoms with Crippen LogP contribution in [0.3, 0.4) is 0 Å². The molecule has 1 aromatic rings. The summed E-state index contributed by atoms with van der Waals surface area (Å²) in [5, 5.41) is 3.81. The van der Waals surface area contributed by atoms with Crippen molar-refractivity contribution in [2.45, 2.75) is 38.1 Å². The van der Waals surface area contributed by atoms with E-state index in [0.29, 0.717) is 11.8 Å². The molecule has 2 aliphatic carbocycles. The molecular formula is C16H20N2O. The standard InChI is InChI=1S/C16H20N2O/c1-10-7-11-8-14-13(4-5-15(19)18-14)16(9-10)12(11)3-2-6-17-16/h4-5,7,11-12,17H,2-3,6,8-9H2,1H3,(H,18,19)/t11-,12+,16+/m1/s1. The van der Waals surface area contributed by atoms with Crippen LogP contribution in [0.4, 0.5) is 0 Å². The van der Waals surface area contributed by atoms with E-state index in [2.05, 4.69) is 29.4 Å². The number of rotatable bonds is 0. The Morgan fingerprint density at radius 3 is 3.16 bits per heavy atom. The van der Waals surface area contributed by atoms with Crippen LogP contribution in [0.5, 0.6) is 0 Å². The van der Waals surface area contributed by atoms with Gasteiger partial charge in [0.05, 0.1) is 5.54 Å². The van der Waals surface area contributed by atoms with Crippen molar-refractivity contribution < 1.29 is 0 Å². The van der Waals surface area contributed by atoms with Crippen molar-refractivity contribution in [2.24, 2.45) is 11.8 Å². The first-order valence-electron chi connectivity index (χ1n) is 7.34. The van der Waals surface area contributed by atoms with Gasteiger partial charge in [0, 0.05) is 11.8 Å². The molecule has 0 aromatic carbocycles. The largest absolute Gasteiger partial charge is 0.326 e. The molecule has 3 heteroatoms. The number of H-pyrrole nitrogens is 1. The number of hydrogen-bond acceptors (Lipinski definition) is 2. The van der Waals surface area contributed by atoms with Gasteiger partial charge in [0.2, 0.25) is 5.56 Å². The van der Waals surface area contributed by atoms with E-state index in [1.165, 1.54) is 24.0 Å². The number of aromatic amines is 1. The Balaban J connectivity index is 1.95. The molecule has 0 unspecified atom stereocenters. The highest BCUT2D eigenvalue weighted by atomic mass is 16.1. The van der Waals surface area contributed by atoms with Crippen LogP contribution in [-0.4, -0.2) is 11.5 Å². The molecular weight excluding hydrogens is 236 g/mol. The lowest BCUT2D eigenvalue weighted by molar-refractivity contribution is 0.0883. The van der Waals surface area contributed by atoms with Gasteiger partial charge in [0.15, 0.2) is 0 Å². The average Bonchev–Trinajstić information content (AvgIpc) is 2.37. The molecule has 3 nitrogen and oxygen atoms in total. The van der Waals surface area contributed by atoms with Gasteiger partial charge in [-0.05, 0) is 62.6 Å². The summed E-state index contributed by atoms with van der Waals surface area (Å²) in [6.45, 7) is 3.34. The van der Waals surface area contributed by atoms with E-state index in [1.807, 2.05) is 0 Å². The molecule has 100 valence electrons. The maximum atomic E-state index is 11.6. The molecule has 1 aliphatic heterocycles. The molecule has 3 aliphatic rings. The summed E-state index contributed by atoms with van der Waals surface area (Å²) in [4.78, 5) is 14.7. The van der Waals surface area contributed by atoms with Crippen molar-refractivity contribution in [3.63, 3.8) is 0 Å². The lowest BCUT2D eigenvalue weighted by Crippen LogP contribution is -2.58. The summed E-state index contributed by atoms with van der Waals surface area (Å²) >= 11 is 0. The van der Waals surface area contributed by atoms with Gasteiger partial charge in [-0.3, -0.25) is 4.79 Å². The van der Waals surface area contributed by atoms with Crippen molar-refractivity contribution in [3.8, 4) is 0 Å². The number of pyridine rings is 1. The van der Waals surface area contributed by atoms with Gasteiger partial charge in [-0.25, -0.2) is 0 Å². The summed E-state index contributed by atoms with van der Waals surface area (Å²) in [6.07, 6.45) is 7.11. The number of allylic oxidation sites excluding steroid dienone is 1. The summed E-state index contributed by atoms with van der Waals surface area (Å²) in [5.74, 6) is 1.29. The number of nitrogens with one attached hydrogen (secondary N) is 2. The third-order valence-electron chi connectivity index (χ3n) is 5.26. The minimum Gasteiger partial charge on any atom is -0.326 e. The van der Waals surface area contributed by atoms with Crippen LogP contribution < -0.4 is 10.9 Å². The van der Waals surface area contributed by atoms with Gasteiger partial charge in [-0.1, -0.05) is 11.6 Å². The van der Waals surface area contributed by atoms with Gasteiger partial charge < -0.3 is 10.3 Å². The van der Waals surface area contributed by atoms with Crippen molar-refractivity contribution in [1.29, 1.82) is 0 Å². The second kappa shape index (κ2) is 3.83. The maximum absolute atomic E-state index is 11.6. The van der Waals surface area contributed by atoms with Crippen LogP contribution in [0, 0.1) is 11.8 Å². The Kier molecular flexibility index (Phi) is 2.31. The molecule has 3 atom stereocenters. The van der Waals surface area contributed by atoms with Gasteiger partial charge >= 0.3 is 0 Å². The highest BCUT2D eigenvalue weighted by molar-refractivity contribution is 5.39.